The van der Waals surface area contributed by atoms with Gasteiger partial charge >= 0.3 is 5.97 Å². The van der Waals surface area contributed by atoms with Gasteiger partial charge in [0.15, 0.2) is 5.11 Å². The van der Waals surface area contributed by atoms with Crippen molar-refractivity contribution in [1.29, 1.82) is 0 Å². The molecule has 1 N–H and O–H groups in total. The van der Waals surface area contributed by atoms with E-state index < -0.39 is 17.7 Å². The van der Waals surface area contributed by atoms with Gasteiger partial charge in [0.1, 0.15) is 5.82 Å². The number of nitrogens with one attached hydrogen (secondary N) is 1. The lowest BCUT2D eigenvalue weighted by Gasteiger charge is -2.26. The highest BCUT2D eigenvalue weighted by molar-refractivity contribution is 7.80. The lowest BCUT2D eigenvalue weighted by Crippen LogP contribution is -2.42. The Hall–Kier alpha value is -3.00. The zero-order valence-corrected chi connectivity index (χ0v) is 19.8. The van der Waals surface area contributed by atoms with Gasteiger partial charge < -0.3 is 9.64 Å². The lowest BCUT2D eigenvalue weighted by atomic mass is 10.1. The summed E-state index contributed by atoms with van der Waals surface area (Å²) in [5.74, 6) is -1.38. The summed E-state index contributed by atoms with van der Waals surface area (Å²) in [7, 11) is 0. The summed E-state index contributed by atoms with van der Waals surface area (Å²) >= 11 is 17.9. The predicted molar refractivity (Wildman–Crippen MR) is 132 cm³/mol. The number of carbonyl (C=O) groups excluding carboxylic acids is 2. The molecule has 0 aromatic heterocycles. The van der Waals surface area contributed by atoms with Crippen LogP contribution in [-0.4, -0.2) is 23.6 Å². The Kier molecular flexibility index (Phi) is 8.38. The molecule has 0 aliphatic carbocycles. The maximum atomic E-state index is 13.2. The van der Waals surface area contributed by atoms with E-state index in [-0.39, 0.29) is 23.8 Å². The minimum absolute atomic E-state index is 0.0965. The molecule has 0 spiro atoms. The van der Waals surface area contributed by atoms with Gasteiger partial charge in [-0.3, -0.25) is 10.1 Å². The van der Waals surface area contributed by atoms with Gasteiger partial charge in [-0.25, -0.2) is 9.18 Å². The standard InChI is InChI=1S/C24H19Cl2FN2O3S/c1-2-32-23(31)16-6-11-20(12-7-16)29(14-17-3-8-18(25)13-21(17)26)24(33)28-22(30)15-4-9-19(27)10-5-15/h3-13H,2,14H2,1H3,(H,28,30,33). The van der Waals surface area contributed by atoms with Gasteiger partial charge in [0.2, 0.25) is 0 Å². The Labute approximate surface area is 206 Å². The van der Waals surface area contributed by atoms with Crippen LogP contribution < -0.4 is 10.2 Å². The first kappa shape index (κ1) is 24.6. The molecule has 0 radical (unpaired) electrons. The van der Waals surface area contributed by atoms with E-state index in [9.17, 15) is 14.0 Å². The maximum Gasteiger partial charge on any atom is 0.338 e. The molecule has 0 heterocycles. The topological polar surface area (TPSA) is 58.6 Å². The molecule has 0 saturated carbocycles. The van der Waals surface area contributed by atoms with Gasteiger partial charge in [-0.1, -0.05) is 29.3 Å². The molecule has 170 valence electrons. The van der Waals surface area contributed by atoms with Gasteiger partial charge in [0, 0.05) is 21.3 Å². The number of rotatable bonds is 6. The number of halogens is 3. The second-order valence-electron chi connectivity index (χ2n) is 6.86. The van der Waals surface area contributed by atoms with Crippen LogP contribution in [0, 0.1) is 5.82 Å². The largest absolute Gasteiger partial charge is 0.462 e. The maximum absolute atomic E-state index is 13.2. The van der Waals surface area contributed by atoms with E-state index in [0.29, 0.717) is 26.9 Å². The number of carbonyl (C=O) groups is 2. The fourth-order valence-electron chi connectivity index (χ4n) is 2.93. The van der Waals surface area contributed by atoms with Crippen molar-refractivity contribution in [3.63, 3.8) is 0 Å². The first-order valence-electron chi connectivity index (χ1n) is 9.88. The van der Waals surface area contributed by atoms with Crippen LogP contribution in [0.25, 0.3) is 0 Å². The summed E-state index contributed by atoms with van der Waals surface area (Å²) in [6, 6.07) is 16.8. The summed E-state index contributed by atoms with van der Waals surface area (Å²) in [6.45, 7) is 2.21. The van der Waals surface area contributed by atoms with Crippen LogP contribution in [0.2, 0.25) is 10.0 Å². The van der Waals surface area contributed by atoms with Gasteiger partial charge in [0.05, 0.1) is 18.7 Å². The van der Waals surface area contributed by atoms with E-state index in [1.807, 2.05) is 0 Å². The zero-order valence-electron chi connectivity index (χ0n) is 17.5. The number of benzene rings is 3. The molecule has 0 bridgehead atoms. The highest BCUT2D eigenvalue weighted by Gasteiger charge is 2.19. The number of hydrogen-bond acceptors (Lipinski definition) is 4. The molecule has 3 aromatic carbocycles. The Balaban J connectivity index is 1.88. The van der Waals surface area contributed by atoms with Crippen LogP contribution in [0.5, 0.6) is 0 Å². The number of amides is 1. The molecule has 0 aliphatic rings. The molecule has 33 heavy (non-hydrogen) atoms. The highest BCUT2D eigenvalue weighted by Crippen LogP contribution is 2.25. The number of nitrogens with zero attached hydrogens (tertiary/aromatic N) is 1. The fraction of sp³-hybridized carbons (Fsp3) is 0.125. The van der Waals surface area contributed by atoms with E-state index in [0.717, 1.165) is 0 Å². The minimum atomic E-state index is -0.490. The molecule has 9 heteroatoms. The van der Waals surface area contributed by atoms with Crippen molar-refractivity contribution in [2.75, 3.05) is 11.5 Å². The number of thiocarbonyl (C=S) groups is 1. The number of esters is 1. The molecule has 0 atom stereocenters. The first-order chi connectivity index (χ1) is 15.8. The van der Waals surface area contributed by atoms with Crippen LogP contribution in [0.1, 0.15) is 33.2 Å². The second-order valence-corrected chi connectivity index (χ2v) is 8.09. The quantitative estimate of drug-likeness (QED) is 0.328. The van der Waals surface area contributed by atoms with Crippen molar-refractivity contribution in [1.82, 2.24) is 5.32 Å². The van der Waals surface area contributed by atoms with Crippen molar-refractivity contribution in [3.8, 4) is 0 Å². The Bertz CT molecular complexity index is 1170. The zero-order chi connectivity index (χ0) is 24.0. The SMILES string of the molecule is CCOC(=O)c1ccc(N(Cc2ccc(Cl)cc2Cl)C(=S)NC(=O)c2ccc(F)cc2)cc1. The summed E-state index contributed by atoms with van der Waals surface area (Å²) in [5, 5.41) is 3.68. The molecule has 0 aliphatic heterocycles. The predicted octanol–water partition coefficient (Wildman–Crippen LogP) is 6.03. The number of hydrogen-bond donors (Lipinski definition) is 1. The third-order valence-electron chi connectivity index (χ3n) is 4.61. The van der Waals surface area contributed by atoms with E-state index in [2.05, 4.69) is 5.32 Å². The molecular formula is C24H19Cl2FN2O3S. The van der Waals surface area contributed by atoms with Crippen LogP contribution in [-0.2, 0) is 11.3 Å². The second kappa shape index (κ2) is 11.2. The van der Waals surface area contributed by atoms with Crippen LogP contribution >= 0.6 is 35.4 Å². The third kappa shape index (κ3) is 6.51. The van der Waals surface area contributed by atoms with E-state index in [1.54, 1.807) is 54.3 Å². The Morgan fingerprint density at radius 1 is 1.00 bits per heavy atom. The average molecular weight is 505 g/mol. The Morgan fingerprint density at radius 2 is 1.64 bits per heavy atom. The van der Waals surface area contributed by atoms with Crippen molar-refractivity contribution in [2.24, 2.45) is 0 Å². The van der Waals surface area contributed by atoms with Crippen LogP contribution in [0.15, 0.2) is 66.7 Å². The highest BCUT2D eigenvalue weighted by atomic mass is 35.5. The molecule has 3 rings (SSSR count). The van der Waals surface area contributed by atoms with Gasteiger partial charge in [-0.2, -0.15) is 0 Å². The summed E-state index contributed by atoms with van der Waals surface area (Å²) in [4.78, 5) is 26.3. The van der Waals surface area contributed by atoms with Crippen molar-refractivity contribution < 1.29 is 18.7 Å². The monoisotopic (exact) mass is 504 g/mol. The molecule has 3 aromatic rings. The molecule has 5 nitrogen and oxygen atoms in total. The fourth-order valence-corrected chi connectivity index (χ4v) is 3.66. The normalized spacial score (nSPS) is 10.4. The molecule has 0 fully saturated rings. The molecule has 1 amide bonds. The lowest BCUT2D eigenvalue weighted by molar-refractivity contribution is 0.0526. The number of ether oxygens (including phenoxy) is 1. The third-order valence-corrected chi connectivity index (χ3v) is 5.52. The van der Waals surface area contributed by atoms with Crippen molar-refractivity contribution >= 4 is 58.1 Å². The van der Waals surface area contributed by atoms with Crippen LogP contribution in [0.4, 0.5) is 10.1 Å². The first-order valence-corrected chi connectivity index (χ1v) is 11.0. The van der Waals surface area contributed by atoms with Gasteiger partial charge in [-0.15, -0.1) is 0 Å². The number of anilines is 1. The van der Waals surface area contributed by atoms with Crippen molar-refractivity contribution in [3.05, 3.63) is 99.3 Å². The summed E-state index contributed by atoms with van der Waals surface area (Å²) in [5.41, 5.74) is 1.96. The van der Waals surface area contributed by atoms with E-state index >= 15 is 0 Å². The smallest absolute Gasteiger partial charge is 0.338 e. The van der Waals surface area contributed by atoms with E-state index in [1.165, 1.54) is 24.3 Å². The van der Waals surface area contributed by atoms with E-state index in [4.69, 9.17) is 40.2 Å². The van der Waals surface area contributed by atoms with Crippen molar-refractivity contribution in [2.45, 2.75) is 13.5 Å². The molecule has 0 unspecified atom stereocenters. The summed E-state index contributed by atoms with van der Waals surface area (Å²) < 4.78 is 18.2. The van der Waals surface area contributed by atoms with Gasteiger partial charge in [-0.05, 0) is 85.4 Å². The van der Waals surface area contributed by atoms with Gasteiger partial charge in [0.25, 0.3) is 5.91 Å². The summed E-state index contributed by atoms with van der Waals surface area (Å²) in [6.07, 6.45) is 0. The minimum Gasteiger partial charge on any atom is -0.462 e. The average Bonchev–Trinajstić information content (AvgIpc) is 2.79. The molecular weight excluding hydrogens is 486 g/mol. The molecule has 0 saturated heterocycles. The van der Waals surface area contributed by atoms with Crippen LogP contribution in [0.3, 0.4) is 0 Å². The Morgan fingerprint density at radius 3 is 2.24 bits per heavy atom.